The first-order valence-corrected chi connectivity index (χ1v) is 9.65. The predicted octanol–water partition coefficient (Wildman–Crippen LogP) is 3.09. The van der Waals surface area contributed by atoms with E-state index < -0.39 is 0 Å². The smallest absolute Gasteiger partial charge is 0.410 e. The Morgan fingerprint density at radius 1 is 1.14 bits per heavy atom. The molecule has 1 aromatic carbocycles. The number of anilines is 2. The van der Waals surface area contributed by atoms with Crippen molar-refractivity contribution in [1.29, 1.82) is 0 Å². The number of hydrogen-bond acceptors (Lipinski definition) is 6. The highest BCUT2D eigenvalue weighted by Crippen LogP contribution is 2.23. The van der Waals surface area contributed by atoms with Gasteiger partial charge in [0.25, 0.3) is 0 Å². The van der Waals surface area contributed by atoms with Crippen LogP contribution >= 0.6 is 0 Å². The molecule has 1 amide bonds. The number of amides is 1. The van der Waals surface area contributed by atoms with Crippen LogP contribution in [0.25, 0.3) is 0 Å². The fourth-order valence-corrected chi connectivity index (χ4v) is 3.35. The molecule has 7 heteroatoms. The molecule has 0 atom stereocenters. The number of hydrogen-bond donors (Lipinski definition) is 0. The van der Waals surface area contributed by atoms with E-state index in [0.29, 0.717) is 6.61 Å². The van der Waals surface area contributed by atoms with Crippen LogP contribution in [-0.2, 0) is 11.3 Å². The minimum atomic E-state index is -0.268. The summed E-state index contributed by atoms with van der Waals surface area (Å²) < 4.78 is 5.46. The second-order valence-corrected chi connectivity index (χ2v) is 7.43. The Kier molecular flexibility index (Phi) is 6.34. The summed E-state index contributed by atoms with van der Waals surface area (Å²) in [6.07, 6.45) is 1.50. The fourth-order valence-electron chi connectivity index (χ4n) is 3.35. The van der Waals surface area contributed by atoms with E-state index in [2.05, 4.69) is 14.9 Å². The highest BCUT2D eigenvalue weighted by Gasteiger charge is 2.27. The molecule has 0 N–H and O–H groups in total. The predicted molar refractivity (Wildman–Crippen MR) is 111 cm³/mol. The number of benzene rings is 1. The van der Waals surface area contributed by atoms with E-state index in [9.17, 15) is 4.79 Å². The van der Waals surface area contributed by atoms with E-state index in [1.54, 1.807) is 4.90 Å². The molecule has 0 saturated carbocycles. The summed E-state index contributed by atoms with van der Waals surface area (Å²) in [5.41, 5.74) is 1.95. The summed E-state index contributed by atoms with van der Waals surface area (Å²) in [5, 5.41) is 0. The Hall–Kier alpha value is -2.83. The van der Waals surface area contributed by atoms with Gasteiger partial charge in [-0.05, 0) is 25.3 Å². The van der Waals surface area contributed by atoms with Crippen molar-refractivity contribution in [2.24, 2.45) is 0 Å². The maximum atomic E-state index is 12.4. The van der Waals surface area contributed by atoms with Gasteiger partial charge in [-0.15, -0.1) is 0 Å². The summed E-state index contributed by atoms with van der Waals surface area (Å²) in [4.78, 5) is 27.4. The molecule has 1 fully saturated rings. The van der Waals surface area contributed by atoms with Gasteiger partial charge in [-0.25, -0.2) is 9.78 Å². The molecule has 2 heterocycles. The van der Waals surface area contributed by atoms with Crippen LogP contribution in [0.1, 0.15) is 24.1 Å². The first-order chi connectivity index (χ1) is 13.4. The lowest BCUT2D eigenvalue weighted by molar-refractivity contribution is 0.0862. The Labute approximate surface area is 166 Å². The molecule has 1 aliphatic rings. The summed E-state index contributed by atoms with van der Waals surface area (Å²) in [6, 6.07) is 11.9. The number of nitrogens with zero attached hydrogens (tertiary/aromatic N) is 5. The molecule has 1 aliphatic heterocycles. The first-order valence-electron chi connectivity index (χ1n) is 9.65. The number of carbonyl (C=O) groups is 1. The topological polar surface area (TPSA) is 61.8 Å². The van der Waals surface area contributed by atoms with Crippen LogP contribution < -0.4 is 9.80 Å². The van der Waals surface area contributed by atoms with Crippen molar-refractivity contribution < 1.29 is 9.53 Å². The third kappa shape index (κ3) is 4.91. The first kappa shape index (κ1) is 19.9. The minimum absolute atomic E-state index is 0.177. The molecular formula is C21H29N5O2. The highest BCUT2D eigenvalue weighted by atomic mass is 16.6. The summed E-state index contributed by atoms with van der Waals surface area (Å²) in [5.74, 6) is 1.67. The Balaban J connectivity index is 1.54. The molecular weight excluding hydrogens is 354 g/mol. The summed E-state index contributed by atoms with van der Waals surface area (Å²) >= 11 is 0. The number of carbonyl (C=O) groups excluding carboxylic acids is 1. The molecule has 1 saturated heterocycles. The quantitative estimate of drug-likeness (QED) is 0.791. The third-order valence-corrected chi connectivity index (χ3v) is 5.06. The van der Waals surface area contributed by atoms with E-state index in [-0.39, 0.29) is 12.1 Å². The molecule has 0 radical (unpaired) electrons. The molecule has 28 heavy (non-hydrogen) atoms. The molecule has 3 rings (SSSR count). The molecule has 0 aliphatic carbocycles. The van der Waals surface area contributed by atoms with Crippen LogP contribution in [0.15, 0.2) is 36.4 Å². The Bertz CT molecular complexity index is 789. The van der Waals surface area contributed by atoms with Gasteiger partial charge in [0.1, 0.15) is 12.4 Å². The zero-order valence-electron chi connectivity index (χ0n) is 17.1. The zero-order valence-corrected chi connectivity index (χ0v) is 17.1. The van der Waals surface area contributed by atoms with E-state index in [1.807, 2.05) is 69.4 Å². The van der Waals surface area contributed by atoms with Crippen LogP contribution in [0.5, 0.6) is 0 Å². The standard InChI is InChI=1S/C21H29N5O2/c1-16-14-19(23-20(22-16)24(2)3)26-12-10-18(11-13-26)25(4)21(27)28-15-17-8-6-5-7-9-17/h5-9,14,18H,10-13,15H2,1-4H3. The molecule has 0 unspecified atom stereocenters. The molecule has 1 aromatic heterocycles. The van der Waals surface area contributed by atoms with Gasteiger partial charge in [-0.1, -0.05) is 30.3 Å². The molecule has 150 valence electrons. The van der Waals surface area contributed by atoms with Crippen LogP contribution in [0.2, 0.25) is 0 Å². The van der Waals surface area contributed by atoms with E-state index in [1.165, 1.54) is 0 Å². The van der Waals surface area contributed by atoms with E-state index >= 15 is 0 Å². The molecule has 0 spiro atoms. The fraction of sp³-hybridized carbons (Fsp3) is 0.476. The van der Waals surface area contributed by atoms with Gasteiger partial charge in [0, 0.05) is 52.0 Å². The third-order valence-electron chi connectivity index (χ3n) is 5.06. The van der Waals surface area contributed by atoms with Gasteiger partial charge in [-0.2, -0.15) is 4.98 Å². The van der Waals surface area contributed by atoms with Gasteiger partial charge in [0.15, 0.2) is 0 Å². The average Bonchev–Trinajstić information content (AvgIpc) is 2.72. The van der Waals surface area contributed by atoms with Crippen molar-refractivity contribution in [3.05, 3.63) is 47.7 Å². The zero-order chi connectivity index (χ0) is 20.1. The second kappa shape index (κ2) is 8.91. The average molecular weight is 383 g/mol. The summed E-state index contributed by atoms with van der Waals surface area (Å²) in [7, 11) is 5.72. The lowest BCUT2D eigenvalue weighted by Gasteiger charge is -2.37. The van der Waals surface area contributed by atoms with Crippen molar-refractivity contribution in [1.82, 2.24) is 14.9 Å². The van der Waals surface area contributed by atoms with Crippen molar-refractivity contribution in [2.45, 2.75) is 32.4 Å². The highest BCUT2D eigenvalue weighted by molar-refractivity contribution is 5.67. The van der Waals surface area contributed by atoms with Gasteiger partial charge in [0.05, 0.1) is 0 Å². The second-order valence-electron chi connectivity index (χ2n) is 7.43. The number of aromatic nitrogens is 2. The normalized spacial score (nSPS) is 14.6. The van der Waals surface area contributed by atoms with Gasteiger partial charge in [0.2, 0.25) is 5.95 Å². The lowest BCUT2D eigenvalue weighted by Crippen LogP contribution is -2.46. The van der Waals surface area contributed by atoms with Crippen LogP contribution in [0.4, 0.5) is 16.6 Å². The molecule has 2 aromatic rings. The Morgan fingerprint density at radius 2 is 1.82 bits per heavy atom. The van der Waals surface area contributed by atoms with Crippen molar-refractivity contribution >= 4 is 17.9 Å². The maximum absolute atomic E-state index is 12.4. The Morgan fingerprint density at radius 3 is 2.46 bits per heavy atom. The largest absolute Gasteiger partial charge is 0.445 e. The van der Waals surface area contributed by atoms with Gasteiger partial charge < -0.3 is 19.4 Å². The van der Waals surface area contributed by atoms with Crippen molar-refractivity contribution in [2.75, 3.05) is 44.0 Å². The van der Waals surface area contributed by atoms with Crippen LogP contribution in [-0.4, -0.2) is 61.2 Å². The number of piperidine rings is 1. The SMILES string of the molecule is Cc1cc(N2CCC(N(C)C(=O)OCc3ccccc3)CC2)nc(N(C)C)n1. The summed E-state index contributed by atoms with van der Waals surface area (Å²) in [6.45, 7) is 3.99. The van der Waals surface area contributed by atoms with Gasteiger partial charge in [-0.3, -0.25) is 0 Å². The van der Waals surface area contributed by atoms with Crippen molar-refractivity contribution in [3.63, 3.8) is 0 Å². The van der Waals surface area contributed by atoms with Gasteiger partial charge >= 0.3 is 6.09 Å². The number of ether oxygens (including phenoxy) is 1. The maximum Gasteiger partial charge on any atom is 0.410 e. The molecule has 0 bridgehead atoms. The lowest BCUT2D eigenvalue weighted by atomic mass is 10.0. The van der Waals surface area contributed by atoms with E-state index in [0.717, 1.165) is 49.0 Å². The monoisotopic (exact) mass is 383 g/mol. The van der Waals surface area contributed by atoms with Crippen molar-refractivity contribution in [3.8, 4) is 0 Å². The van der Waals surface area contributed by atoms with E-state index in [4.69, 9.17) is 4.74 Å². The van der Waals surface area contributed by atoms with Crippen LogP contribution in [0, 0.1) is 6.92 Å². The minimum Gasteiger partial charge on any atom is -0.445 e. The number of rotatable bonds is 5. The number of aryl methyl sites for hydroxylation is 1. The van der Waals surface area contributed by atoms with Crippen LogP contribution in [0.3, 0.4) is 0 Å². The molecule has 7 nitrogen and oxygen atoms in total.